The lowest BCUT2D eigenvalue weighted by Gasteiger charge is -2.38. The molecule has 0 spiro atoms. The molecule has 3 aromatic carbocycles. The number of esters is 1. The molecular formula is C29H28N2O4. The molecule has 6 heteroatoms. The van der Waals surface area contributed by atoms with Crippen LogP contribution in [-0.2, 0) is 16.1 Å². The maximum atomic E-state index is 13.2. The van der Waals surface area contributed by atoms with E-state index in [0.29, 0.717) is 12.1 Å². The molecule has 2 aliphatic heterocycles. The van der Waals surface area contributed by atoms with Crippen molar-refractivity contribution in [2.45, 2.75) is 25.1 Å². The zero-order valence-electron chi connectivity index (χ0n) is 19.6. The van der Waals surface area contributed by atoms with Crippen LogP contribution in [0.1, 0.15) is 39.5 Å². The lowest BCUT2D eigenvalue weighted by molar-refractivity contribution is 0.0600. The molecule has 0 bridgehead atoms. The minimum Gasteiger partial charge on any atom is -0.465 e. The number of carbonyl (C=O) groups is 2. The van der Waals surface area contributed by atoms with Crippen molar-refractivity contribution in [3.8, 4) is 0 Å². The van der Waals surface area contributed by atoms with Crippen LogP contribution >= 0.6 is 0 Å². The average molecular weight is 469 g/mol. The predicted octanol–water partition coefficient (Wildman–Crippen LogP) is 5.68. The van der Waals surface area contributed by atoms with E-state index in [0.717, 1.165) is 28.8 Å². The van der Waals surface area contributed by atoms with Gasteiger partial charge in [-0.25, -0.2) is 9.59 Å². The van der Waals surface area contributed by atoms with Gasteiger partial charge in [0, 0.05) is 24.2 Å². The minimum absolute atomic E-state index is 0.0311. The summed E-state index contributed by atoms with van der Waals surface area (Å²) in [6.07, 6.45) is 4.76. The van der Waals surface area contributed by atoms with Crippen molar-refractivity contribution < 1.29 is 19.1 Å². The Balaban J connectivity index is 1.44. The van der Waals surface area contributed by atoms with E-state index in [1.807, 2.05) is 60.7 Å². The molecule has 3 atom stereocenters. The quantitative estimate of drug-likeness (QED) is 0.488. The van der Waals surface area contributed by atoms with E-state index in [1.165, 1.54) is 7.11 Å². The summed E-state index contributed by atoms with van der Waals surface area (Å²) in [5.74, 6) is -0.258. The summed E-state index contributed by atoms with van der Waals surface area (Å²) in [6, 6.07) is 25.1. The molecule has 5 rings (SSSR count). The van der Waals surface area contributed by atoms with Gasteiger partial charge in [0.1, 0.15) is 6.61 Å². The Kier molecular flexibility index (Phi) is 6.53. The van der Waals surface area contributed by atoms with Crippen molar-refractivity contribution in [1.29, 1.82) is 0 Å². The van der Waals surface area contributed by atoms with E-state index in [2.05, 4.69) is 29.6 Å². The first-order chi connectivity index (χ1) is 17.1. The van der Waals surface area contributed by atoms with E-state index in [4.69, 9.17) is 9.47 Å². The summed E-state index contributed by atoms with van der Waals surface area (Å²) in [4.78, 5) is 27.3. The normalized spacial score (nSPS) is 20.6. The average Bonchev–Trinajstić information content (AvgIpc) is 3.37. The summed E-state index contributed by atoms with van der Waals surface area (Å²) in [7, 11) is 1.37. The molecule has 0 aliphatic carbocycles. The van der Waals surface area contributed by atoms with E-state index in [1.54, 1.807) is 11.0 Å². The Morgan fingerprint density at radius 2 is 1.77 bits per heavy atom. The number of hydrogen-bond donors (Lipinski definition) is 1. The number of carbonyl (C=O) groups excluding carboxylic acids is 2. The molecule has 35 heavy (non-hydrogen) atoms. The van der Waals surface area contributed by atoms with Gasteiger partial charge < -0.3 is 19.7 Å². The van der Waals surface area contributed by atoms with E-state index >= 15 is 0 Å². The van der Waals surface area contributed by atoms with Crippen LogP contribution in [0.25, 0.3) is 6.08 Å². The molecule has 1 N–H and O–H groups in total. The van der Waals surface area contributed by atoms with Gasteiger partial charge in [0.25, 0.3) is 0 Å². The van der Waals surface area contributed by atoms with Gasteiger partial charge in [-0.15, -0.1) is 0 Å². The van der Waals surface area contributed by atoms with Gasteiger partial charge in [-0.05, 0) is 41.3 Å². The molecule has 0 radical (unpaired) electrons. The Morgan fingerprint density at radius 3 is 2.51 bits per heavy atom. The summed E-state index contributed by atoms with van der Waals surface area (Å²) in [5, 5.41) is 3.62. The largest absolute Gasteiger partial charge is 0.465 e. The second-order valence-electron chi connectivity index (χ2n) is 8.86. The predicted molar refractivity (Wildman–Crippen MR) is 135 cm³/mol. The first-order valence-electron chi connectivity index (χ1n) is 11.8. The number of likely N-dealkylation sites (tertiary alicyclic amines) is 1. The van der Waals surface area contributed by atoms with Crippen LogP contribution in [0, 0.1) is 5.92 Å². The standard InChI is InChI=1S/C29H28N2O4/c1-34-28(32)22-13-15-26-24(18-22)27-23(25(30-26)14-12-20-8-4-2-5-9-20)16-17-31(27)29(33)35-19-21-10-6-3-7-11-21/h2-15,18,23,25,27,30H,16-17,19H2,1H3/b14-12-/t23-,25-,27-/m0/s1. The third-order valence-corrected chi connectivity index (χ3v) is 6.75. The number of amides is 1. The smallest absolute Gasteiger partial charge is 0.410 e. The highest BCUT2D eigenvalue weighted by molar-refractivity contribution is 5.90. The van der Waals surface area contributed by atoms with Gasteiger partial charge in [-0.2, -0.15) is 0 Å². The number of anilines is 1. The van der Waals surface area contributed by atoms with Crippen molar-refractivity contribution in [3.63, 3.8) is 0 Å². The highest BCUT2D eigenvalue weighted by Gasteiger charge is 2.46. The maximum Gasteiger partial charge on any atom is 0.410 e. The fourth-order valence-electron chi connectivity index (χ4n) is 5.04. The Bertz CT molecular complexity index is 1230. The number of methoxy groups -OCH3 is 1. The highest BCUT2D eigenvalue weighted by atomic mass is 16.6. The minimum atomic E-state index is -0.397. The van der Waals surface area contributed by atoms with Crippen LogP contribution in [0.2, 0.25) is 0 Å². The van der Waals surface area contributed by atoms with Crippen LogP contribution in [0.4, 0.5) is 10.5 Å². The van der Waals surface area contributed by atoms with Gasteiger partial charge in [0.15, 0.2) is 0 Å². The second kappa shape index (κ2) is 10.1. The third-order valence-electron chi connectivity index (χ3n) is 6.75. The fourth-order valence-corrected chi connectivity index (χ4v) is 5.04. The van der Waals surface area contributed by atoms with E-state index in [9.17, 15) is 9.59 Å². The lowest BCUT2D eigenvalue weighted by atomic mass is 9.82. The molecule has 1 fully saturated rings. The van der Waals surface area contributed by atoms with Crippen LogP contribution in [0.15, 0.2) is 84.9 Å². The zero-order valence-corrected chi connectivity index (χ0v) is 19.6. The summed E-state index contributed by atoms with van der Waals surface area (Å²) < 4.78 is 10.6. The number of nitrogens with one attached hydrogen (secondary N) is 1. The lowest BCUT2D eigenvalue weighted by Crippen LogP contribution is -2.40. The van der Waals surface area contributed by atoms with Crippen LogP contribution < -0.4 is 5.32 Å². The molecule has 0 unspecified atom stereocenters. The number of nitrogens with zero attached hydrogens (tertiary/aromatic N) is 1. The Labute approximate surface area is 205 Å². The molecule has 3 aromatic rings. The fraction of sp³-hybridized carbons (Fsp3) is 0.241. The van der Waals surface area contributed by atoms with Gasteiger partial charge >= 0.3 is 12.1 Å². The van der Waals surface area contributed by atoms with Gasteiger partial charge in [0.05, 0.1) is 18.7 Å². The first kappa shape index (κ1) is 22.7. The molecule has 2 heterocycles. The van der Waals surface area contributed by atoms with Crippen molar-refractivity contribution >= 4 is 23.8 Å². The van der Waals surface area contributed by atoms with Crippen molar-refractivity contribution in [3.05, 3.63) is 107 Å². The van der Waals surface area contributed by atoms with E-state index in [-0.39, 0.29) is 30.7 Å². The van der Waals surface area contributed by atoms with Gasteiger partial charge in [0.2, 0.25) is 0 Å². The van der Waals surface area contributed by atoms with Gasteiger partial charge in [-0.1, -0.05) is 72.8 Å². The monoisotopic (exact) mass is 468 g/mol. The number of rotatable bonds is 5. The summed E-state index contributed by atoms with van der Waals surface area (Å²) in [6.45, 7) is 0.806. The van der Waals surface area contributed by atoms with Gasteiger partial charge in [-0.3, -0.25) is 0 Å². The maximum absolute atomic E-state index is 13.2. The number of benzene rings is 3. The van der Waals surface area contributed by atoms with Crippen molar-refractivity contribution in [2.75, 3.05) is 19.0 Å². The number of fused-ring (bicyclic) bond motifs is 3. The van der Waals surface area contributed by atoms with Crippen molar-refractivity contribution in [1.82, 2.24) is 4.90 Å². The van der Waals surface area contributed by atoms with E-state index < -0.39 is 5.97 Å². The molecule has 0 saturated carbocycles. The first-order valence-corrected chi connectivity index (χ1v) is 11.8. The molecule has 178 valence electrons. The Hall–Kier alpha value is -4.06. The molecule has 1 saturated heterocycles. The molecular weight excluding hydrogens is 440 g/mol. The van der Waals surface area contributed by atoms with Crippen LogP contribution in [0.5, 0.6) is 0 Å². The zero-order chi connectivity index (χ0) is 24.2. The van der Waals surface area contributed by atoms with Crippen molar-refractivity contribution in [2.24, 2.45) is 5.92 Å². The number of hydrogen-bond acceptors (Lipinski definition) is 5. The number of ether oxygens (including phenoxy) is 2. The molecule has 2 aliphatic rings. The van der Waals surface area contributed by atoms with Crippen LogP contribution in [-0.4, -0.2) is 36.7 Å². The Morgan fingerprint density at radius 1 is 1.03 bits per heavy atom. The summed E-state index contributed by atoms with van der Waals surface area (Å²) in [5.41, 5.74) is 4.35. The topological polar surface area (TPSA) is 67.9 Å². The third kappa shape index (κ3) is 4.78. The molecule has 1 amide bonds. The molecule has 0 aromatic heterocycles. The second-order valence-corrected chi connectivity index (χ2v) is 8.86. The van der Waals surface area contributed by atoms with Crippen LogP contribution in [0.3, 0.4) is 0 Å². The SMILES string of the molecule is COC(=O)c1ccc2c(c1)[C@@H]1[C@@H](CCN1C(=O)OCc1ccccc1)[C@H](/C=C\c1ccccc1)N2. The molecule has 6 nitrogen and oxygen atoms in total. The highest BCUT2D eigenvalue weighted by Crippen LogP contribution is 2.47. The summed E-state index contributed by atoms with van der Waals surface area (Å²) >= 11 is 0.